The summed E-state index contributed by atoms with van der Waals surface area (Å²) in [6, 6.07) is 4.58. The molecule has 0 saturated heterocycles. The van der Waals surface area contributed by atoms with Gasteiger partial charge in [0, 0.05) is 18.3 Å². The number of amides is 1. The minimum atomic E-state index is -3.82. The number of carbonyl (C=O) groups excluding carboxylic acids is 1. The zero-order chi connectivity index (χ0) is 20.0. The summed E-state index contributed by atoms with van der Waals surface area (Å²) in [4.78, 5) is 16.2. The summed E-state index contributed by atoms with van der Waals surface area (Å²) in [5, 5.41) is 4.95. The summed E-state index contributed by atoms with van der Waals surface area (Å²) < 4.78 is 39.9. The highest BCUT2D eigenvalue weighted by Gasteiger charge is 2.17. The molecule has 0 unspecified atom stereocenters. The lowest BCUT2D eigenvalue weighted by atomic mass is 9.89. The Kier molecular flexibility index (Phi) is 7.01. The van der Waals surface area contributed by atoms with Gasteiger partial charge in [0.25, 0.3) is 10.0 Å². The highest BCUT2D eigenvalue weighted by atomic mass is 32.2. The third kappa shape index (κ3) is 6.00. The topological polar surface area (TPSA) is 88.2 Å². The predicted molar refractivity (Wildman–Crippen MR) is 107 cm³/mol. The van der Waals surface area contributed by atoms with Crippen LogP contribution in [0.4, 0.5) is 9.52 Å². The van der Waals surface area contributed by atoms with Crippen LogP contribution in [0.25, 0.3) is 0 Å². The molecule has 152 valence electrons. The zero-order valence-electron chi connectivity index (χ0n) is 15.5. The van der Waals surface area contributed by atoms with E-state index >= 15 is 0 Å². The van der Waals surface area contributed by atoms with Crippen LogP contribution in [0, 0.1) is 11.7 Å². The van der Waals surface area contributed by atoms with Gasteiger partial charge < -0.3 is 5.32 Å². The van der Waals surface area contributed by atoms with Crippen molar-refractivity contribution >= 4 is 32.4 Å². The van der Waals surface area contributed by atoms with Crippen molar-refractivity contribution in [2.45, 2.75) is 49.8 Å². The van der Waals surface area contributed by atoms with Crippen LogP contribution in [0.15, 0.2) is 34.5 Å². The Hall–Kier alpha value is -2.00. The number of hydrogen-bond donors (Lipinski definition) is 2. The maximum Gasteiger partial charge on any atom is 0.263 e. The van der Waals surface area contributed by atoms with Crippen molar-refractivity contribution in [1.82, 2.24) is 10.3 Å². The molecule has 0 aliphatic heterocycles. The Balaban J connectivity index is 1.47. The maximum absolute atomic E-state index is 13.0. The van der Waals surface area contributed by atoms with E-state index in [1.807, 2.05) is 0 Å². The number of rotatable bonds is 8. The molecule has 28 heavy (non-hydrogen) atoms. The molecular weight excluding hydrogens is 401 g/mol. The molecule has 1 aliphatic rings. The van der Waals surface area contributed by atoms with Gasteiger partial charge in [-0.2, -0.15) is 0 Å². The minimum Gasteiger partial charge on any atom is -0.356 e. The maximum atomic E-state index is 13.0. The highest BCUT2D eigenvalue weighted by molar-refractivity contribution is 7.93. The molecule has 0 radical (unpaired) electrons. The molecule has 0 atom stereocenters. The second kappa shape index (κ2) is 9.47. The molecule has 1 fully saturated rings. The molecule has 2 N–H and O–H groups in total. The summed E-state index contributed by atoms with van der Waals surface area (Å²) in [5.41, 5.74) is 0.662. The van der Waals surface area contributed by atoms with Gasteiger partial charge >= 0.3 is 0 Å². The lowest BCUT2D eigenvalue weighted by Crippen LogP contribution is -2.30. The van der Waals surface area contributed by atoms with E-state index in [-0.39, 0.29) is 15.9 Å². The molecule has 3 rings (SSSR count). The molecule has 9 heteroatoms. The number of thiazole rings is 1. The average molecular weight is 426 g/mol. The molecule has 0 spiro atoms. The second-order valence-electron chi connectivity index (χ2n) is 7.01. The number of hydrogen-bond acceptors (Lipinski definition) is 5. The Bertz CT molecular complexity index is 891. The van der Waals surface area contributed by atoms with Gasteiger partial charge in [0.2, 0.25) is 5.91 Å². The second-order valence-corrected chi connectivity index (χ2v) is 9.55. The molecule has 1 heterocycles. The first-order valence-electron chi connectivity index (χ1n) is 9.42. The largest absolute Gasteiger partial charge is 0.356 e. The highest BCUT2D eigenvalue weighted by Crippen LogP contribution is 2.23. The number of aryl methyl sites for hydroxylation is 1. The number of carbonyl (C=O) groups is 1. The van der Waals surface area contributed by atoms with Crippen LogP contribution in [-0.2, 0) is 21.2 Å². The quantitative estimate of drug-likeness (QED) is 0.675. The summed E-state index contributed by atoms with van der Waals surface area (Å²) in [6.07, 6.45) is 6.92. The van der Waals surface area contributed by atoms with Crippen molar-refractivity contribution < 1.29 is 17.6 Å². The summed E-state index contributed by atoms with van der Waals surface area (Å²) in [7, 11) is -3.82. The zero-order valence-corrected chi connectivity index (χ0v) is 17.1. The third-order valence-electron chi connectivity index (χ3n) is 4.82. The summed E-state index contributed by atoms with van der Waals surface area (Å²) in [6.45, 7) is 0.735. The number of halogens is 1. The van der Waals surface area contributed by atoms with Crippen molar-refractivity contribution in [1.29, 1.82) is 0 Å². The molecule has 0 bridgehead atoms. The summed E-state index contributed by atoms with van der Waals surface area (Å²) in [5.74, 6) is 0.0775. The third-order valence-corrected chi connectivity index (χ3v) is 7.11. The molecule has 1 aromatic carbocycles. The Morgan fingerprint density at radius 2 is 1.89 bits per heavy atom. The Morgan fingerprint density at radius 3 is 2.61 bits per heavy atom. The number of anilines is 1. The van der Waals surface area contributed by atoms with Crippen LogP contribution in [-0.4, -0.2) is 25.9 Å². The van der Waals surface area contributed by atoms with Gasteiger partial charge in [0.1, 0.15) is 5.82 Å². The minimum absolute atomic E-state index is 0.00739. The van der Waals surface area contributed by atoms with Crippen LogP contribution in [0.2, 0.25) is 0 Å². The van der Waals surface area contributed by atoms with E-state index in [9.17, 15) is 17.6 Å². The van der Waals surface area contributed by atoms with Crippen LogP contribution < -0.4 is 10.0 Å². The molecule has 1 saturated carbocycles. The average Bonchev–Trinajstić information content (AvgIpc) is 3.12. The fourth-order valence-corrected chi connectivity index (χ4v) is 5.23. The number of nitrogens with zero attached hydrogens (tertiary/aromatic N) is 1. The molecule has 2 aromatic rings. The van der Waals surface area contributed by atoms with E-state index in [0.717, 1.165) is 30.0 Å². The van der Waals surface area contributed by atoms with E-state index in [1.54, 1.807) is 5.38 Å². The van der Waals surface area contributed by atoms with E-state index < -0.39 is 15.8 Å². The number of nitrogens with one attached hydrogen (secondary N) is 2. The van der Waals surface area contributed by atoms with Gasteiger partial charge in [-0.05, 0) is 49.4 Å². The smallest absolute Gasteiger partial charge is 0.263 e. The van der Waals surface area contributed by atoms with Gasteiger partial charge in [0.05, 0.1) is 10.6 Å². The molecule has 1 amide bonds. The van der Waals surface area contributed by atoms with Crippen LogP contribution in [0.5, 0.6) is 0 Å². The van der Waals surface area contributed by atoms with Gasteiger partial charge in [-0.15, -0.1) is 11.3 Å². The fourth-order valence-electron chi connectivity index (χ4n) is 3.24. The van der Waals surface area contributed by atoms with E-state index in [1.165, 1.54) is 44.2 Å². The van der Waals surface area contributed by atoms with Crippen LogP contribution in [0.1, 0.15) is 44.2 Å². The van der Waals surface area contributed by atoms with Gasteiger partial charge in [-0.1, -0.05) is 19.3 Å². The van der Waals surface area contributed by atoms with Crippen molar-refractivity contribution in [3.8, 4) is 0 Å². The lowest BCUT2D eigenvalue weighted by Gasteiger charge is -2.21. The first-order valence-corrected chi connectivity index (χ1v) is 11.8. The Labute approximate surface area is 168 Å². The van der Waals surface area contributed by atoms with Gasteiger partial charge in [-0.25, -0.2) is 17.8 Å². The summed E-state index contributed by atoms with van der Waals surface area (Å²) >= 11 is 1.15. The Morgan fingerprint density at radius 1 is 1.18 bits per heavy atom. The van der Waals surface area contributed by atoms with E-state index in [0.29, 0.717) is 24.5 Å². The predicted octanol–water partition coefficient (Wildman–Crippen LogP) is 3.71. The standard InChI is InChI=1S/C19H24FN3O3S2/c20-15-6-9-17(10-7-15)28(25,26)23-19-22-16(13-27-19)8-11-18(24)21-12-14-4-2-1-3-5-14/h6-7,9-10,13-14H,1-5,8,11-12H2,(H,21,24)(H,22,23). The van der Waals surface area contributed by atoms with Gasteiger partial charge in [0.15, 0.2) is 5.13 Å². The normalized spacial score (nSPS) is 15.3. The van der Waals surface area contributed by atoms with Crippen LogP contribution >= 0.6 is 11.3 Å². The SMILES string of the molecule is O=C(CCc1csc(NS(=O)(=O)c2ccc(F)cc2)n1)NCC1CCCCC1. The van der Waals surface area contributed by atoms with Crippen molar-refractivity contribution in [2.24, 2.45) is 5.92 Å². The number of sulfonamides is 1. The van der Waals surface area contributed by atoms with E-state index in [4.69, 9.17) is 0 Å². The first kappa shape index (κ1) is 20.7. The molecule has 6 nitrogen and oxygen atoms in total. The molecular formula is C19H24FN3O3S2. The van der Waals surface area contributed by atoms with Crippen molar-refractivity contribution in [3.63, 3.8) is 0 Å². The first-order chi connectivity index (χ1) is 13.4. The molecule has 1 aromatic heterocycles. The molecule has 1 aliphatic carbocycles. The number of benzene rings is 1. The van der Waals surface area contributed by atoms with Gasteiger partial charge in [-0.3, -0.25) is 9.52 Å². The fraction of sp³-hybridized carbons (Fsp3) is 0.474. The lowest BCUT2D eigenvalue weighted by molar-refractivity contribution is -0.121. The van der Waals surface area contributed by atoms with E-state index in [2.05, 4.69) is 15.0 Å². The monoisotopic (exact) mass is 425 g/mol. The van der Waals surface area contributed by atoms with Crippen molar-refractivity contribution in [2.75, 3.05) is 11.3 Å². The van der Waals surface area contributed by atoms with Crippen molar-refractivity contribution in [3.05, 3.63) is 41.2 Å². The number of aromatic nitrogens is 1. The van der Waals surface area contributed by atoms with Crippen LogP contribution in [0.3, 0.4) is 0 Å².